The first-order valence-corrected chi connectivity index (χ1v) is 28.2. The molecule has 0 saturated carbocycles. The molecule has 0 saturated heterocycles. The average Bonchev–Trinajstić information content (AvgIpc) is 3.34. The number of hydrogen-bond acceptors (Lipinski definition) is 6. The third kappa shape index (κ3) is 53.3. The molecule has 0 heterocycles. The zero-order valence-electron chi connectivity index (χ0n) is 44.3. The molecule has 0 aliphatic heterocycles. The number of carbonyl (C=O) groups excluding carboxylic acids is 3. The summed E-state index contributed by atoms with van der Waals surface area (Å²) < 4.78 is 16.7. The average molecular weight is 946 g/mol. The molecule has 0 aromatic carbocycles. The lowest BCUT2D eigenvalue weighted by atomic mass is 10.1. The Bertz CT molecular complexity index is 1360. The predicted molar refractivity (Wildman–Crippen MR) is 293 cm³/mol. The van der Waals surface area contributed by atoms with E-state index in [0.29, 0.717) is 19.3 Å². The Balaban J connectivity index is 4.23. The molecule has 6 heteroatoms. The van der Waals surface area contributed by atoms with Crippen LogP contribution in [0.15, 0.2) is 97.2 Å². The van der Waals surface area contributed by atoms with Gasteiger partial charge in [-0.25, -0.2) is 0 Å². The van der Waals surface area contributed by atoms with Crippen molar-refractivity contribution < 1.29 is 28.6 Å². The van der Waals surface area contributed by atoms with Crippen LogP contribution in [0.3, 0.4) is 0 Å². The Morgan fingerprint density at radius 2 is 0.574 bits per heavy atom. The van der Waals surface area contributed by atoms with Gasteiger partial charge in [-0.3, -0.25) is 14.4 Å². The van der Waals surface area contributed by atoms with Gasteiger partial charge in [0.15, 0.2) is 6.10 Å². The summed E-state index contributed by atoms with van der Waals surface area (Å²) in [6, 6.07) is 0. The molecular weight excluding hydrogens is 841 g/mol. The van der Waals surface area contributed by atoms with Crippen molar-refractivity contribution in [1.82, 2.24) is 0 Å². The number of allylic oxidation sites excluding steroid dienone is 16. The summed E-state index contributed by atoms with van der Waals surface area (Å²) in [7, 11) is 0. The zero-order chi connectivity index (χ0) is 49.3. The smallest absolute Gasteiger partial charge is 0.306 e. The van der Waals surface area contributed by atoms with Gasteiger partial charge in [-0.15, -0.1) is 0 Å². The van der Waals surface area contributed by atoms with E-state index in [4.69, 9.17) is 14.2 Å². The lowest BCUT2D eigenvalue weighted by Crippen LogP contribution is -2.30. The fourth-order valence-corrected chi connectivity index (χ4v) is 7.59. The van der Waals surface area contributed by atoms with Crippen LogP contribution in [0.25, 0.3) is 0 Å². The van der Waals surface area contributed by atoms with E-state index in [1.54, 1.807) is 0 Å². The molecule has 0 aromatic rings. The Hall–Kier alpha value is -3.67. The van der Waals surface area contributed by atoms with Crippen LogP contribution in [0.5, 0.6) is 0 Å². The van der Waals surface area contributed by atoms with Crippen LogP contribution < -0.4 is 0 Å². The Kier molecular flexibility index (Phi) is 52.9. The molecule has 0 aliphatic rings. The van der Waals surface area contributed by atoms with E-state index < -0.39 is 6.10 Å². The molecule has 0 aliphatic carbocycles. The van der Waals surface area contributed by atoms with Crippen molar-refractivity contribution in [2.45, 2.75) is 264 Å². The minimum atomic E-state index is -0.789. The second-order valence-electron chi connectivity index (χ2n) is 18.5. The first-order chi connectivity index (χ1) is 33.5. The van der Waals surface area contributed by atoms with Crippen LogP contribution in [0.2, 0.25) is 0 Å². The third-order valence-corrected chi connectivity index (χ3v) is 11.8. The van der Waals surface area contributed by atoms with Gasteiger partial charge in [-0.2, -0.15) is 0 Å². The van der Waals surface area contributed by atoms with E-state index in [-0.39, 0.29) is 31.1 Å². The summed E-state index contributed by atoms with van der Waals surface area (Å²) in [5.41, 5.74) is 0. The number of rotatable bonds is 50. The van der Waals surface area contributed by atoms with Crippen LogP contribution in [-0.4, -0.2) is 37.2 Å². The SMILES string of the molecule is CC/C=C\C/C=C\C/C=C\C/C=C\C/C=C\CCCCCCCC(=O)OC(COC(=O)CCCCCCCC)COC(=O)CCCCCCCCCC/C=C\C/C=C\C/C=C\CCCCCCC. The second-order valence-corrected chi connectivity index (χ2v) is 18.5. The normalized spacial score (nSPS) is 12.8. The maximum absolute atomic E-state index is 12.8. The van der Waals surface area contributed by atoms with Gasteiger partial charge in [0, 0.05) is 19.3 Å². The Morgan fingerprint density at radius 1 is 0.309 bits per heavy atom. The molecule has 0 fully saturated rings. The van der Waals surface area contributed by atoms with Crippen LogP contribution in [0.4, 0.5) is 0 Å². The summed E-state index contributed by atoms with van der Waals surface area (Å²) in [6.07, 6.45) is 74.2. The summed E-state index contributed by atoms with van der Waals surface area (Å²) in [5, 5.41) is 0. The molecule has 0 aromatic heterocycles. The first-order valence-electron chi connectivity index (χ1n) is 28.2. The van der Waals surface area contributed by atoms with Gasteiger partial charge in [0.05, 0.1) is 0 Å². The van der Waals surface area contributed by atoms with Gasteiger partial charge in [-0.05, 0) is 103 Å². The van der Waals surface area contributed by atoms with E-state index in [1.807, 2.05) is 0 Å². The van der Waals surface area contributed by atoms with Crippen molar-refractivity contribution in [2.75, 3.05) is 13.2 Å². The molecule has 388 valence electrons. The lowest BCUT2D eigenvalue weighted by molar-refractivity contribution is -0.167. The van der Waals surface area contributed by atoms with Gasteiger partial charge in [-0.1, -0.05) is 234 Å². The van der Waals surface area contributed by atoms with Crippen molar-refractivity contribution in [3.63, 3.8) is 0 Å². The van der Waals surface area contributed by atoms with Crippen molar-refractivity contribution >= 4 is 17.9 Å². The summed E-state index contributed by atoms with van der Waals surface area (Å²) in [5.74, 6) is -0.924. The summed E-state index contributed by atoms with van der Waals surface area (Å²) in [4.78, 5) is 37.9. The molecule has 1 unspecified atom stereocenters. The molecule has 0 spiro atoms. The van der Waals surface area contributed by atoms with Crippen molar-refractivity contribution in [1.29, 1.82) is 0 Å². The number of ether oxygens (including phenoxy) is 3. The highest BCUT2D eigenvalue weighted by Crippen LogP contribution is 2.14. The molecule has 6 nitrogen and oxygen atoms in total. The highest BCUT2D eigenvalue weighted by atomic mass is 16.6. The second kappa shape index (κ2) is 55.9. The molecular formula is C62H104O6. The van der Waals surface area contributed by atoms with Crippen LogP contribution in [0, 0.1) is 0 Å². The maximum Gasteiger partial charge on any atom is 0.306 e. The van der Waals surface area contributed by atoms with Crippen molar-refractivity contribution in [2.24, 2.45) is 0 Å². The predicted octanol–water partition coefficient (Wildman–Crippen LogP) is 18.9. The van der Waals surface area contributed by atoms with E-state index in [9.17, 15) is 14.4 Å². The van der Waals surface area contributed by atoms with E-state index >= 15 is 0 Å². The quantitative estimate of drug-likeness (QED) is 0.0262. The van der Waals surface area contributed by atoms with Crippen LogP contribution in [-0.2, 0) is 28.6 Å². The minimum Gasteiger partial charge on any atom is -0.462 e. The van der Waals surface area contributed by atoms with Gasteiger partial charge in [0.25, 0.3) is 0 Å². The largest absolute Gasteiger partial charge is 0.462 e. The standard InChI is InChI=1S/C62H104O6/c1-4-7-10-13-16-18-20-22-24-26-28-30-31-33-34-36-38-40-42-44-46-49-52-55-61(64)67-58-59(57-66-60(63)54-51-48-15-12-9-6-3)68-62(65)56-53-50-47-45-43-41-39-37-35-32-29-27-25-23-21-19-17-14-11-8-5-2/h8,11,17,19-20,22-23,25-26,28-29,31-33,37,39,59H,4-7,9-10,12-16,18,21,24,27,30,34-36,38,40-58H2,1-3H3/b11-8-,19-17-,22-20-,25-23-,28-26-,32-29-,33-31-,39-37-. The number of carbonyl (C=O) groups is 3. The van der Waals surface area contributed by atoms with E-state index in [2.05, 4.69) is 118 Å². The molecule has 1 atom stereocenters. The summed E-state index contributed by atoms with van der Waals surface area (Å²) in [6.45, 7) is 6.43. The van der Waals surface area contributed by atoms with Gasteiger partial charge in [0.2, 0.25) is 0 Å². The van der Waals surface area contributed by atoms with E-state index in [0.717, 1.165) is 128 Å². The first kappa shape index (κ1) is 64.3. The lowest BCUT2D eigenvalue weighted by Gasteiger charge is -2.18. The number of esters is 3. The third-order valence-electron chi connectivity index (χ3n) is 11.8. The maximum atomic E-state index is 12.8. The molecule has 0 rings (SSSR count). The van der Waals surface area contributed by atoms with Gasteiger partial charge >= 0.3 is 17.9 Å². The molecule has 0 radical (unpaired) electrons. The minimum absolute atomic E-state index is 0.0887. The monoisotopic (exact) mass is 945 g/mol. The molecule has 0 amide bonds. The highest BCUT2D eigenvalue weighted by Gasteiger charge is 2.19. The topological polar surface area (TPSA) is 78.9 Å². The number of hydrogen-bond donors (Lipinski definition) is 0. The number of unbranched alkanes of at least 4 members (excludes halogenated alkanes) is 23. The fourth-order valence-electron chi connectivity index (χ4n) is 7.59. The molecule has 0 N–H and O–H groups in total. The van der Waals surface area contributed by atoms with Gasteiger partial charge < -0.3 is 14.2 Å². The zero-order valence-corrected chi connectivity index (χ0v) is 44.3. The summed E-state index contributed by atoms with van der Waals surface area (Å²) >= 11 is 0. The highest BCUT2D eigenvalue weighted by molar-refractivity contribution is 5.71. The molecule has 0 bridgehead atoms. The Labute approximate surface area is 419 Å². The van der Waals surface area contributed by atoms with Crippen LogP contribution in [0.1, 0.15) is 258 Å². The van der Waals surface area contributed by atoms with Crippen LogP contribution >= 0.6 is 0 Å². The van der Waals surface area contributed by atoms with Gasteiger partial charge in [0.1, 0.15) is 13.2 Å². The van der Waals surface area contributed by atoms with E-state index in [1.165, 1.54) is 89.9 Å². The molecule has 68 heavy (non-hydrogen) atoms. The van der Waals surface area contributed by atoms with Crippen molar-refractivity contribution in [3.8, 4) is 0 Å². The van der Waals surface area contributed by atoms with Crippen molar-refractivity contribution in [3.05, 3.63) is 97.2 Å². The Morgan fingerprint density at radius 3 is 0.897 bits per heavy atom. The fraction of sp³-hybridized carbons (Fsp3) is 0.694.